The largest absolute Gasteiger partial charge is 0.236 e. The Hall–Kier alpha value is -1.76. The highest BCUT2D eigenvalue weighted by Gasteiger charge is 2.09. The lowest BCUT2D eigenvalue weighted by Crippen LogP contribution is -1.90. The lowest BCUT2D eigenvalue weighted by atomic mass is 10.3. The van der Waals surface area contributed by atoms with Crippen LogP contribution in [-0.2, 0) is 0 Å². The first kappa shape index (κ1) is 10.7. The van der Waals surface area contributed by atoms with E-state index in [0.29, 0.717) is 10.1 Å². The van der Waals surface area contributed by atoms with Gasteiger partial charge in [0.15, 0.2) is 0 Å². The van der Waals surface area contributed by atoms with Crippen LogP contribution < -0.4 is 0 Å². The predicted molar refractivity (Wildman–Crippen MR) is 62.5 cm³/mol. The summed E-state index contributed by atoms with van der Waals surface area (Å²) in [6.07, 6.45) is 0. The van der Waals surface area contributed by atoms with E-state index in [1.54, 1.807) is 0 Å². The third-order valence-corrected chi connectivity index (χ3v) is 3.06. The smallest absolute Gasteiger partial charge is 0.145 e. The highest BCUT2D eigenvalue weighted by molar-refractivity contribution is 8.06. The molecule has 0 aliphatic carbocycles. The minimum Gasteiger partial charge on any atom is -0.236 e. The zero-order valence-corrected chi connectivity index (χ0v) is 9.55. The highest BCUT2D eigenvalue weighted by atomic mass is 32.2. The van der Waals surface area contributed by atoms with E-state index < -0.39 is 0 Å². The molecule has 0 saturated heterocycles. The Labute approximate surface area is 100 Å². The second kappa shape index (κ2) is 4.84. The number of thiocyanates is 2. The van der Waals surface area contributed by atoms with Crippen molar-refractivity contribution in [2.45, 2.75) is 10.1 Å². The minimum atomic E-state index is 0.479. The summed E-state index contributed by atoms with van der Waals surface area (Å²) >= 11 is 1.83. The van der Waals surface area contributed by atoms with Gasteiger partial charge in [0.2, 0.25) is 0 Å². The fourth-order valence-corrected chi connectivity index (χ4v) is 2.16. The number of nitrogens with zero attached hydrogens (tertiary/aromatic N) is 4. The van der Waals surface area contributed by atoms with Crippen molar-refractivity contribution in [3.8, 4) is 10.8 Å². The van der Waals surface area contributed by atoms with Gasteiger partial charge in [0.25, 0.3) is 0 Å². The summed E-state index contributed by atoms with van der Waals surface area (Å²) in [5, 5.41) is 22.1. The predicted octanol–water partition coefficient (Wildman–Crippen LogP) is 2.78. The summed E-state index contributed by atoms with van der Waals surface area (Å²) in [4.78, 5) is 8.58. The van der Waals surface area contributed by atoms with Crippen molar-refractivity contribution >= 4 is 34.6 Å². The molecule has 2 aromatic rings. The Morgan fingerprint density at radius 3 is 1.69 bits per heavy atom. The third-order valence-electron chi connectivity index (χ3n) is 1.79. The van der Waals surface area contributed by atoms with Gasteiger partial charge >= 0.3 is 0 Å². The van der Waals surface area contributed by atoms with Crippen LogP contribution in [0.4, 0.5) is 0 Å². The van der Waals surface area contributed by atoms with Crippen LogP contribution in [0.2, 0.25) is 0 Å². The molecule has 0 bridgehead atoms. The van der Waals surface area contributed by atoms with Crippen molar-refractivity contribution in [1.29, 1.82) is 10.5 Å². The van der Waals surface area contributed by atoms with Crippen molar-refractivity contribution in [3.63, 3.8) is 0 Å². The molecule has 0 spiro atoms. The number of hydrogen-bond acceptors (Lipinski definition) is 6. The molecule has 1 aromatic heterocycles. The number of benzene rings is 1. The van der Waals surface area contributed by atoms with E-state index in [0.717, 1.165) is 34.6 Å². The molecule has 0 radical (unpaired) electrons. The van der Waals surface area contributed by atoms with Crippen molar-refractivity contribution in [1.82, 2.24) is 9.97 Å². The van der Waals surface area contributed by atoms with Crippen LogP contribution in [0.5, 0.6) is 0 Å². The van der Waals surface area contributed by atoms with Crippen LogP contribution in [0.15, 0.2) is 34.3 Å². The first-order valence-corrected chi connectivity index (χ1v) is 5.87. The summed E-state index contributed by atoms with van der Waals surface area (Å²) in [5.41, 5.74) is 1.45. The van der Waals surface area contributed by atoms with Gasteiger partial charge in [-0.05, 0) is 12.1 Å². The van der Waals surface area contributed by atoms with E-state index in [1.165, 1.54) is 0 Å². The van der Waals surface area contributed by atoms with Crippen LogP contribution in [0.25, 0.3) is 11.0 Å². The Morgan fingerprint density at radius 2 is 1.31 bits per heavy atom. The first-order chi connectivity index (χ1) is 7.85. The van der Waals surface area contributed by atoms with Gasteiger partial charge in [0.05, 0.1) is 11.0 Å². The van der Waals surface area contributed by atoms with Gasteiger partial charge in [-0.3, -0.25) is 0 Å². The molecular formula is C10H4N4S2. The maximum absolute atomic E-state index is 8.64. The number of para-hydroxylation sites is 2. The Balaban J connectivity index is 2.63. The molecule has 0 aliphatic heterocycles. The molecule has 4 nitrogen and oxygen atoms in total. The molecule has 2 rings (SSSR count). The maximum atomic E-state index is 8.64. The number of rotatable bonds is 2. The van der Waals surface area contributed by atoms with E-state index in [-0.39, 0.29) is 0 Å². The van der Waals surface area contributed by atoms with Gasteiger partial charge in [-0.25, -0.2) is 9.97 Å². The van der Waals surface area contributed by atoms with Gasteiger partial charge in [-0.2, -0.15) is 10.5 Å². The van der Waals surface area contributed by atoms with Crippen molar-refractivity contribution in [3.05, 3.63) is 24.3 Å². The normalized spacial score (nSPS) is 9.62. The zero-order valence-electron chi connectivity index (χ0n) is 7.91. The summed E-state index contributed by atoms with van der Waals surface area (Å²) < 4.78 is 0. The molecule has 0 unspecified atom stereocenters. The van der Waals surface area contributed by atoms with Gasteiger partial charge in [-0.1, -0.05) is 12.1 Å². The second-order valence-corrected chi connectivity index (χ2v) is 4.26. The zero-order chi connectivity index (χ0) is 11.4. The van der Waals surface area contributed by atoms with Gasteiger partial charge < -0.3 is 0 Å². The van der Waals surface area contributed by atoms with E-state index in [1.807, 2.05) is 35.1 Å². The van der Waals surface area contributed by atoms with E-state index >= 15 is 0 Å². The van der Waals surface area contributed by atoms with E-state index in [4.69, 9.17) is 10.5 Å². The quantitative estimate of drug-likeness (QED) is 0.597. The Bertz CT molecular complexity index is 558. The van der Waals surface area contributed by atoms with Gasteiger partial charge in [0.1, 0.15) is 20.9 Å². The third kappa shape index (κ3) is 2.08. The monoisotopic (exact) mass is 244 g/mol. The molecule has 0 atom stereocenters. The Kier molecular flexibility index (Phi) is 3.25. The average molecular weight is 244 g/mol. The van der Waals surface area contributed by atoms with Crippen LogP contribution >= 0.6 is 23.5 Å². The summed E-state index contributed by atoms with van der Waals surface area (Å²) in [6, 6.07) is 7.36. The lowest BCUT2D eigenvalue weighted by Gasteiger charge is -2.02. The number of thioether (sulfide) groups is 2. The molecule has 1 heterocycles. The fourth-order valence-electron chi connectivity index (χ4n) is 1.19. The molecule has 16 heavy (non-hydrogen) atoms. The van der Waals surface area contributed by atoms with Gasteiger partial charge in [0, 0.05) is 23.5 Å². The number of nitriles is 2. The molecule has 0 aliphatic rings. The minimum absolute atomic E-state index is 0.479. The molecule has 76 valence electrons. The molecule has 0 saturated carbocycles. The lowest BCUT2D eigenvalue weighted by molar-refractivity contribution is 0.976. The molecule has 1 aromatic carbocycles. The van der Waals surface area contributed by atoms with E-state index in [9.17, 15) is 0 Å². The average Bonchev–Trinajstić information content (AvgIpc) is 2.30. The Morgan fingerprint density at radius 1 is 0.875 bits per heavy atom. The fraction of sp³-hybridized carbons (Fsp3) is 0. The summed E-state index contributed by atoms with van der Waals surface area (Å²) in [5.74, 6) is 0. The standard InChI is InChI=1S/C10H4N4S2/c11-5-15-9-10(16-6-12)14-8-4-2-1-3-7(8)13-9/h1-4H. The van der Waals surface area contributed by atoms with Crippen LogP contribution in [0, 0.1) is 21.3 Å². The summed E-state index contributed by atoms with van der Waals surface area (Å²) in [6.45, 7) is 0. The molecule has 0 amide bonds. The van der Waals surface area contributed by atoms with Crippen LogP contribution in [0.1, 0.15) is 0 Å². The van der Waals surface area contributed by atoms with Gasteiger partial charge in [-0.15, -0.1) is 0 Å². The molecule has 6 heteroatoms. The summed E-state index contributed by atoms with van der Waals surface area (Å²) in [7, 11) is 0. The van der Waals surface area contributed by atoms with Crippen LogP contribution in [0.3, 0.4) is 0 Å². The van der Waals surface area contributed by atoms with E-state index in [2.05, 4.69) is 9.97 Å². The molecule has 0 N–H and O–H groups in total. The van der Waals surface area contributed by atoms with Crippen LogP contribution in [-0.4, -0.2) is 9.97 Å². The SMILES string of the molecule is N#CSc1nc2ccccc2nc1SC#N. The topological polar surface area (TPSA) is 73.4 Å². The number of fused-ring (bicyclic) bond motifs is 1. The maximum Gasteiger partial charge on any atom is 0.145 e. The number of hydrogen-bond donors (Lipinski definition) is 0. The first-order valence-electron chi connectivity index (χ1n) is 4.24. The van der Waals surface area contributed by atoms with Crippen molar-refractivity contribution < 1.29 is 0 Å². The van der Waals surface area contributed by atoms with Crippen molar-refractivity contribution in [2.24, 2.45) is 0 Å². The van der Waals surface area contributed by atoms with Crippen molar-refractivity contribution in [2.75, 3.05) is 0 Å². The number of aromatic nitrogens is 2. The molecule has 0 fully saturated rings. The molecular weight excluding hydrogens is 240 g/mol. The highest BCUT2D eigenvalue weighted by Crippen LogP contribution is 2.28. The second-order valence-electron chi connectivity index (χ2n) is 2.71.